The number of rotatable bonds is 5. The van der Waals surface area contributed by atoms with Crippen molar-refractivity contribution in [2.75, 3.05) is 37.9 Å². The van der Waals surface area contributed by atoms with Crippen molar-refractivity contribution in [1.29, 1.82) is 0 Å². The third-order valence-electron chi connectivity index (χ3n) is 5.22. The van der Waals surface area contributed by atoms with Crippen LogP contribution in [0.1, 0.15) is 30.9 Å². The Labute approximate surface area is 170 Å². The van der Waals surface area contributed by atoms with Gasteiger partial charge in [-0.25, -0.2) is 0 Å². The number of nitrogens with zero attached hydrogens (tertiary/aromatic N) is 1. The fourth-order valence-electron chi connectivity index (χ4n) is 3.87. The number of carbonyl (C=O) groups excluding carboxylic acids is 1. The maximum absolute atomic E-state index is 12.6. The Morgan fingerprint density at radius 2 is 2.00 bits per heavy atom. The second-order valence-corrected chi connectivity index (χ2v) is 8.04. The molecule has 1 amide bonds. The molecular weight excluding hydrogens is 372 g/mol. The van der Waals surface area contributed by atoms with Crippen molar-refractivity contribution in [2.24, 2.45) is 0 Å². The molecule has 0 bridgehead atoms. The number of fused-ring (bicyclic) bond motifs is 1. The highest BCUT2D eigenvalue weighted by molar-refractivity contribution is 7.98. The molecule has 0 unspecified atom stereocenters. The molecule has 1 atom stereocenters. The summed E-state index contributed by atoms with van der Waals surface area (Å²) in [6.07, 6.45) is 5.08. The molecule has 1 fully saturated rings. The monoisotopic (exact) mass is 398 g/mol. The third kappa shape index (κ3) is 4.45. The van der Waals surface area contributed by atoms with E-state index < -0.39 is 0 Å². The van der Waals surface area contributed by atoms with Crippen LogP contribution in [0.4, 0.5) is 5.69 Å². The van der Waals surface area contributed by atoms with Gasteiger partial charge in [0.1, 0.15) is 0 Å². The van der Waals surface area contributed by atoms with Crippen molar-refractivity contribution >= 4 is 23.4 Å². The third-order valence-corrected chi connectivity index (χ3v) is 5.95. The lowest BCUT2D eigenvalue weighted by molar-refractivity contribution is -0.117. The lowest BCUT2D eigenvalue weighted by Crippen LogP contribution is -2.32. The SMILES string of the molecule is CSc1cccc(NC(=O)CN2CCC[C@@H]2c2ccc3c(c2)OCCCO3)c1. The molecule has 148 valence electrons. The molecule has 2 aromatic carbocycles. The molecule has 5 nitrogen and oxygen atoms in total. The molecule has 0 spiro atoms. The summed E-state index contributed by atoms with van der Waals surface area (Å²) < 4.78 is 11.6. The van der Waals surface area contributed by atoms with E-state index in [-0.39, 0.29) is 11.9 Å². The summed E-state index contributed by atoms with van der Waals surface area (Å²) in [5.74, 6) is 1.66. The van der Waals surface area contributed by atoms with Crippen LogP contribution in [0, 0.1) is 0 Å². The summed E-state index contributed by atoms with van der Waals surface area (Å²) in [5, 5.41) is 3.04. The van der Waals surface area contributed by atoms with Crippen LogP contribution in [-0.2, 0) is 4.79 Å². The van der Waals surface area contributed by atoms with Gasteiger partial charge in [0.15, 0.2) is 11.5 Å². The summed E-state index contributed by atoms with van der Waals surface area (Å²) >= 11 is 1.67. The zero-order valence-electron chi connectivity index (χ0n) is 16.1. The number of nitrogens with one attached hydrogen (secondary N) is 1. The fourth-order valence-corrected chi connectivity index (χ4v) is 4.33. The Morgan fingerprint density at radius 1 is 1.14 bits per heavy atom. The Morgan fingerprint density at radius 3 is 2.86 bits per heavy atom. The molecule has 2 aromatic rings. The number of likely N-dealkylation sites (tertiary alicyclic amines) is 1. The molecule has 4 rings (SSSR count). The Kier molecular flexibility index (Phi) is 6.07. The van der Waals surface area contributed by atoms with Crippen LogP contribution in [0.2, 0.25) is 0 Å². The molecule has 2 aliphatic heterocycles. The van der Waals surface area contributed by atoms with Crippen molar-refractivity contribution in [3.05, 3.63) is 48.0 Å². The van der Waals surface area contributed by atoms with Gasteiger partial charge in [-0.05, 0) is 61.5 Å². The van der Waals surface area contributed by atoms with Crippen LogP contribution in [0.25, 0.3) is 0 Å². The summed E-state index contributed by atoms with van der Waals surface area (Å²) in [6.45, 7) is 2.70. The van der Waals surface area contributed by atoms with Gasteiger partial charge in [-0.1, -0.05) is 12.1 Å². The number of carbonyl (C=O) groups is 1. The number of amides is 1. The molecule has 0 aromatic heterocycles. The largest absolute Gasteiger partial charge is 0.490 e. The van der Waals surface area contributed by atoms with Crippen molar-refractivity contribution in [1.82, 2.24) is 4.90 Å². The molecule has 1 N–H and O–H groups in total. The van der Waals surface area contributed by atoms with Gasteiger partial charge >= 0.3 is 0 Å². The smallest absolute Gasteiger partial charge is 0.238 e. The van der Waals surface area contributed by atoms with E-state index in [0.717, 1.165) is 47.9 Å². The average molecular weight is 399 g/mol. The standard InChI is InChI=1S/C22H26N2O3S/c1-28-18-6-2-5-17(14-18)23-22(25)15-24-10-3-7-19(24)16-8-9-20-21(13-16)27-12-4-11-26-20/h2,5-6,8-9,13-14,19H,3-4,7,10-12,15H2,1H3,(H,23,25)/t19-/m1/s1. The summed E-state index contributed by atoms with van der Waals surface area (Å²) in [6, 6.07) is 14.4. The molecule has 6 heteroatoms. The maximum Gasteiger partial charge on any atom is 0.238 e. The van der Waals surface area contributed by atoms with Gasteiger partial charge < -0.3 is 14.8 Å². The number of thioether (sulfide) groups is 1. The zero-order valence-corrected chi connectivity index (χ0v) is 17.0. The molecular formula is C22H26N2O3S. The first-order valence-electron chi connectivity index (χ1n) is 9.80. The van der Waals surface area contributed by atoms with E-state index in [1.807, 2.05) is 36.6 Å². The molecule has 1 saturated heterocycles. The van der Waals surface area contributed by atoms with E-state index >= 15 is 0 Å². The van der Waals surface area contributed by atoms with E-state index in [9.17, 15) is 4.79 Å². The average Bonchev–Trinajstić information content (AvgIpc) is 3.03. The van der Waals surface area contributed by atoms with Gasteiger partial charge in [0.05, 0.1) is 19.8 Å². The first-order valence-corrected chi connectivity index (χ1v) is 11.0. The van der Waals surface area contributed by atoms with Gasteiger partial charge in [0.2, 0.25) is 5.91 Å². The number of ether oxygens (including phenoxy) is 2. The molecule has 0 saturated carbocycles. The second-order valence-electron chi connectivity index (χ2n) is 7.17. The highest BCUT2D eigenvalue weighted by Crippen LogP contribution is 2.37. The van der Waals surface area contributed by atoms with Gasteiger partial charge in [-0.3, -0.25) is 9.69 Å². The topological polar surface area (TPSA) is 50.8 Å². The number of hydrogen-bond donors (Lipinski definition) is 1. The molecule has 0 radical (unpaired) electrons. The predicted molar refractivity (Wildman–Crippen MR) is 112 cm³/mol. The Balaban J connectivity index is 1.43. The van der Waals surface area contributed by atoms with Crippen molar-refractivity contribution < 1.29 is 14.3 Å². The second kappa shape index (κ2) is 8.88. The number of hydrogen-bond acceptors (Lipinski definition) is 5. The minimum atomic E-state index is 0.0273. The lowest BCUT2D eigenvalue weighted by Gasteiger charge is -2.25. The minimum Gasteiger partial charge on any atom is -0.490 e. The van der Waals surface area contributed by atoms with Crippen LogP contribution in [0.3, 0.4) is 0 Å². The summed E-state index contributed by atoms with van der Waals surface area (Å²) in [7, 11) is 0. The quantitative estimate of drug-likeness (QED) is 0.759. The van der Waals surface area contributed by atoms with Gasteiger partial charge in [-0.15, -0.1) is 11.8 Å². The maximum atomic E-state index is 12.6. The minimum absolute atomic E-state index is 0.0273. The van der Waals surface area contributed by atoms with Crippen LogP contribution < -0.4 is 14.8 Å². The molecule has 28 heavy (non-hydrogen) atoms. The van der Waals surface area contributed by atoms with Gasteiger partial charge in [-0.2, -0.15) is 0 Å². The van der Waals surface area contributed by atoms with Crippen molar-refractivity contribution in [3.63, 3.8) is 0 Å². The highest BCUT2D eigenvalue weighted by Gasteiger charge is 2.28. The van der Waals surface area contributed by atoms with Crippen LogP contribution in [-0.4, -0.2) is 43.4 Å². The zero-order chi connectivity index (χ0) is 19.3. The summed E-state index contributed by atoms with van der Waals surface area (Å²) in [5.41, 5.74) is 2.04. The van der Waals surface area contributed by atoms with Crippen molar-refractivity contribution in [3.8, 4) is 11.5 Å². The van der Waals surface area contributed by atoms with Crippen LogP contribution >= 0.6 is 11.8 Å². The molecule has 2 heterocycles. The molecule has 2 aliphatic rings. The predicted octanol–water partition coefficient (Wildman–Crippen LogP) is 4.35. The first kappa shape index (κ1) is 19.2. The first-order chi connectivity index (χ1) is 13.7. The Hall–Kier alpha value is -2.18. The number of benzene rings is 2. The lowest BCUT2D eigenvalue weighted by atomic mass is 10.0. The highest BCUT2D eigenvalue weighted by atomic mass is 32.2. The van der Waals surface area contributed by atoms with Crippen molar-refractivity contribution in [2.45, 2.75) is 30.2 Å². The van der Waals surface area contributed by atoms with Gasteiger partial charge in [0.25, 0.3) is 0 Å². The summed E-state index contributed by atoms with van der Waals surface area (Å²) in [4.78, 5) is 16.0. The van der Waals surface area contributed by atoms with E-state index in [1.54, 1.807) is 11.8 Å². The normalized spacial score (nSPS) is 19.2. The van der Waals surface area contributed by atoms with Crippen LogP contribution in [0.15, 0.2) is 47.4 Å². The van der Waals surface area contributed by atoms with E-state index in [1.165, 1.54) is 5.56 Å². The Bertz CT molecular complexity index is 842. The van der Waals surface area contributed by atoms with Crippen LogP contribution in [0.5, 0.6) is 11.5 Å². The molecule has 0 aliphatic carbocycles. The van der Waals surface area contributed by atoms with E-state index in [0.29, 0.717) is 19.8 Å². The van der Waals surface area contributed by atoms with E-state index in [2.05, 4.69) is 22.3 Å². The number of anilines is 1. The van der Waals surface area contributed by atoms with E-state index in [4.69, 9.17) is 9.47 Å². The fraction of sp³-hybridized carbons (Fsp3) is 0.409. The van der Waals surface area contributed by atoms with Gasteiger partial charge in [0, 0.05) is 23.0 Å².